The van der Waals surface area contributed by atoms with E-state index in [-0.39, 0.29) is 18.9 Å². The number of carbonyl (C=O) groups excluding carboxylic acids is 1. The van der Waals surface area contributed by atoms with Gasteiger partial charge >= 0.3 is 0 Å². The van der Waals surface area contributed by atoms with E-state index in [9.17, 15) is 61.0 Å². The second kappa shape index (κ2) is 58.3. The largest absolute Gasteiger partial charge is 0.394 e. The fraction of sp³-hybridized carbons (Fsp3) is 0.883. The fourth-order valence-corrected chi connectivity index (χ4v) is 13.2. The third-order valence-electron chi connectivity index (χ3n) is 19.4. The Balaban J connectivity index is 1.32. The molecule has 0 aromatic rings. The molecule has 17 atom stereocenters. The van der Waals surface area contributed by atoms with E-state index in [2.05, 4.69) is 67.8 Å². The Labute approximate surface area is 580 Å². The molecule has 0 radical (unpaired) electrons. The van der Waals surface area contributed by atoms with E-state index in [1.54, 1.807) is 0 Å². The van der Waals surface area contributed by atoms with Gasteiger partial charge in [-0.1, -0.05) is 294 Å². The molecule has 0 aliphatic carbocycles. The van der Waals surface area contributed by atoms with Crippen molar-refractivity contribution in [3.63, 3.8) is 0 Å². The van der Waals surface area contributed by atoms with Gasteiger partial charge in [0.25, 0.3) is 0 Å². The highest BCUT2D eigenvalue weighted by Gasteiger charge is 2.54. The summed E-state index contributed by atoms with van der Waals surface area (Å²) in [6, 6.07) is -0.886. The Morgan fingerprint density at radius 1 is 0.385 bits per heavy atom. The number of aliphatic hydroxyl groups excluding tert-OH is 11. The van der Waals surface area contributed by atoms with Crippen molar-refractivity contribution in [1.82, 2.24) is 5.32 Å². The zero-order valence-electron chi connectivity index (χ0n) is 59.9. The lowest BCUT2D eigenvalue weighted by atomic mass is 9.96. The predicted octanol–water partition coefficient (Wildman–Crippen LogP) is 12.1. The lowest BCUT2D eigenvalue weighted by Crippen LogP contribution is -2.66. The molecule has 96 heavy (non-hydrogen) atoms. The molecule has 0 bridgehead atoms. The summed E-state index contributed by atoms with van der Waals surface area (Å²) in [5.74, 6) is -0.238. The van der Waals surface area contributed by atoms with Crippen LogP contribution in [0.1, 0.15) is 303 Å². The van der Waals surface area contributed by atoms with E-state index in [0.29, 0.717) is 12.8 Å². The lowest BCUT2D eigenvalue weighted by molar-refractivity contribution is -0.379. The minimum Gasteiger partial charge on any atom is -0.394 e. The minimum absolute atomic E-state index is 0.238. The van der Waals surface area contributed by atoms with Crippen LogP contribution >= 0.6 is 0 Å². The first-order valence-electron chi connectivity index (χ1n) is 38.9. The van der Waals surface area contributed by atoms with E-state index in [1.807, 2.05) is 0 Å². The summed E-state index contributed by atoms with van der Waals surface area (Å²) in [4.78, 5) is 13.5. The van der Waals surface area contributed by atoms with Gasteiger partial charge in [-0.15, -0.1) is 0 Å². The highest BCUT2D eigenvalue weighted by Crippen LogP contribution is 2.33. The molecular formula is C77H141NO18. The van der Waals surface area contributed by atoms with Crippen LogP contribution in [0.15, 0.2) is 48.6 Å². The molecule has 3 aliphatic rings. The number of aliphatic hydroxyl groups is 11. The van der Waals surface area contributed by atoms with Gasteiger partial charge in [-0.2, -0.15) is 0 Å². The zero-order valence-corrected chi connectivity index (χ0v) is 59.9. The normalized spacial score (nSPS) is 27.3. The second-order valence-corrected chi connectivity index (χ2v) is 27.8. The number of ether oxygens (including phenoxy) is 6. The van der Waals surface area contributed by atoms with Crippen molar-refractivity contribution in [2.45, 2.75) is 407 Å². The van der Waals surface area contributed by atoms with Gasteiger partial charge in [0.15, 0.2) is 18.9 Å². The first kappa shape index (κ1) is 88.0. The molecule has 17 unspecified atom stereocenters. The summed E-state index contributed by atoms with van der Waals surface area (Å²) in [7, 11) is 0. The summed E-state index contributed by atoms with van der Waals surface area (Å²) in [5.41, 5.74) is 0. The molecular weight excluding hydrogens is 1230 g/mol. The third kappa shape index (κ3) is 38.7. The van der Waals surface area contributed by atoms with Crippen LogP contribution in [0.3, 0.4) is 0 Å². The van der Waals surface area contributed by atoms with Gasteiger partial charge in [-0.05, 0) is 51.4 Å². The first-order chi connectivity index (χ1) is 46.8. The van der Waals surface area contributed by atoms with E-state index in [4.69, 9.17) is 28.4 Å². The molecule has 1 amide bonds. The molecule has 562 valence electrons. The van der Waals surface area contributed by atoms with Crippen molar-refractivity contribution in [3.05, 3.63) is 48.6 Å². The topological polar surface area (TPSA) is 307 Å². The number of hydrogen-bond donors (Lipinski definition) is 12. The smallest absolute Gasteiger partial charge is 0.220 e. The van der Waals surface area contributed by atoms with Crippen molar-refractivity contribution in [3.8, 4) is 0 Å². The third-order valence-corrected chi connectivity index (χ3v) is 19.4. The van der Waals surface area contributed by atoms with Gasteiger partial charge in [0.2, 0.25) is 5.91 Å². The van der Waals surface area contributed by atoms with Gasteiger partial charge in [-0.3, -0.25) is 4.79 Å². The number of carbonyl (C=O) groups is 1. The molecule has 19 heteroatoms. The van der Waals surface area contributed by atoms with Crippen molar-refractivity contribution < 1.29 is 89.4 Å². The molecule has 19 nitrogen and oxygen atoms in total. The quantitative estimate of drug-likeness (QED) is 0.0199. The maximum Gasteiger partial charge on any atom is 0.220 e. The summed E-state index contributed by atoms with van der Waals surface area (Å²) >= 11 is 0. The SMILES string of the molecule is CC/C=C\C/C=C\C/C=C\C/C=C\CCCCCCCCCCCCCCCCCCCCCCCCC(=O)NC(COC1OC(CO)C(OC2OC(CO)C(OC3OC(CO)C(O)C(O)C3O)C(O)C2O)C(O)C1O)C(O)CCCCCCCCCCCCCCCCCC. The average Bonchev–Trinajstić information content (AvgIpc) is 0.798. The van der Waals surface area contributed by atoms with Crippen molar-refractivity contribution in [2.24, 2.45) is 0 Å². The Kier molecular flexibility index (Phi) is 53.4. The number of allylic oxidation sites excluding steroid dienone is 8. The van der Waals surface area contributed by atoms with E-state index < -0.39 is 124 Å². The maximum atomic E-state index is 13.5. The Bertz CT molecular complexity index is 1930. The van der Waals surface area contributed by atoms with E-state index in [0.717, 1.165) is 70.6 Å². The number of unbranched alkanes of at least 4 members (excludes halogenated alkanes) is 37. The van der Waals surface area contributed by atoms with Crippen LogP contribution in [0.5, 0.6) is 0 Å². The fourth-order valence-electron chi connectivity index (χ4n) is 13.2. The van der Waals surface area contributed by atoms with Gasteiger partial charge in [0.05, 0.1) is 38.6 Å². The van der Waals surface area contributed by atoms with Crippen LogP contribution in [0.4, 0.5) is 0 Å². The summed E-state index contributed by atoms with van der Waals surface area (Å²) in [6.45, 7) is 1.72. The van der Waals surface area contributed by atoms with Gasteiger partial charge in [0.1, 0.15) is 73.2 Å². The predicted molar refractivity (Wildman–Crippen MR) is 379 cm³/mol. The van der Waals surface area contributed by atoms with Crippen LogP contribution in [-0.2, 0) is 33.2 Å². The Hall–Kier alpha value is -2.25. The molecule has 0 aromatic heterocycles. The Morgan fingerprint density at radius 2 is 0.719 bits per heavy atom. The molecule has 12 N–H and O–H groups in total. The molecule has 3 saturated heterocycles. The number of rotatable bonds is 61. The van der Waals surface area contributed by atoms with Gasteiger partial charge in [0, 0.05) is 6.42 Å². The van der Waals surface area contributed by atoms with Crippen LogP contribution in [0.2, 0.25) is 0 Å². The van der Waals surface area contributed by atoms with Crippen molar-refractivity contribution in [1.29, 1.82) is 0 Å². The van der Waals surface area contributed by atoms with Crippen molar-refractivity contribution >= 4 is 5.91 Å². The summed E-state index contributed by atoms with van der Waals surface area (Å²) < 4.78 is 34.5. The number of nitrogens with one attached hydrogen (secondary N) is 1. The van der Waals surface area contributed by atoms with Crippen LogP contribution in [0.25, 0.3) is 0 Å². The summed E-state index contributed by atoms with van der Waals surface area (Å²) in [5, 5.41) is 121. The number of amides is 1. The molecule has 3 aliphatic heterocycles. The average molecular weight is 1370 g/mol. The molecule has 3 fully saturated rings. The van der Waals surface area contributed by atoms with Crippen LogP contribution in [-0.4, -0.2) is 193 Å². The van der Waals surface area contributed by atoms with Crippen molar-refractivity contribution in [2.75, 3.05) is 26.4 Å². The first-order valence-corrected chi connectivity index (χ1v) is 38.9. The molecule has 3 rings (SSSR count). The van der Waals surface area contributed by atoms with Gasteiger partial charge < -0.3 is 89.9 Å². The van der Waals surface area contributed by atoms with Crippen LogP contribution in [0, 0.1) is 0 Å². The molecule has 0 aromatic carbocycles. The summed E-state index contributed by atoms with van der Waals surface area (Å²) in [6.07, 6.45) is 44.9. The second-order valence-electron chi connectivity index (χ2n) is 27.8. The van der Waals surface area contributed by atoms with Gasteiger partial charge in [-0.25, -0.2) is 0 Å². The lowest BCUT2D eigenvalue weighted by Gasteiger charge is -2.48. The highest BCUT2D eigenvalue weighted by molar-refractivity contribution is 5.76. The highest BCUT2D eigenvalue weighted by atomic mass is 16.8. The molecule has 3 heterocycles. The zero-order chi connectivity index (χ0) is 69.6. The van der Waals surface area contributed by atoms with E-state index >= 15 is 0 Å². The molecule has 0 spiro atoms. The van der Waals surface area contributed by atoms with E-state index in [1.165, 1.54) is 199 Å². The maximum absolute atomic E-state index is 13.5. The minimum atomic E-state index is -1.97. The Morgan fingerprint density at radius 3 is 1.12 bits per heavy atom. The molecule has 0 saturated carbocycles. The number of hydrogen-bond acceptors (Lipinski definition) is 18. The van der Waals surface area contributed by atoms with Crippen LogP contribution < -0.4 is 5.32 Å². The standard InChI is InChI=1S/C77H141NO18/c1-3-5-7-9-11-13-15-17-19-21-22-23-24-25-26-27-28-29-30-31-32-33-34-35-36-37-38-39-41-43-45-47-49-51-53-55-65(83)78-60(61(82)54-52-50-48-46-44-42-40-20-18-16-14-12-10-8-6-4-2)59-91-75-71(89)68(86)73(63(57-80)93-75)96-77-72(90)69(87)74(64(58-81)94-77)95-76-70(88)67(85)66(84)62(56-79)92-76/h5,7,11,13,17,19,22-23,60-64,66-77,79-82,84-90H,3-4,6,8-10,12,14-16,18,20-21,24-59H2,1-2H3,(H,78,83)/b7-5-,13-11-,19-17-,23-22-. The monoisotopic (exact) mass is 1370 g/mol.